The van der Waals surface area contributed by atoms with Gasteiger partial charge in [0, 0.05) is 25.1 Å². The lowest BCUT2D eigenvalue weighted by molar-refractivity contribution is -0.192. The molecule has 0 aliphatic carbocycles. The van der Waals surface area contributed by atoms with Crippen molar-refractivity contribution in [1.82, 2.24) is 4.90 Å². The molecule has 1 aromatic rings. The largest absolute Gasteiger partial charge is 0.490 e. The summed E-state index contributed by atoms with van der Waals surface area (Å²) in [4.78, 5) is 11.4. The van der Waals surface area contributed by atoms with Crippen LogP contribution >= 0.6 is 0 Å². The number of likely N-dealkylation sites (tertiary alicyclic amines) is 1. The maximum Gasteiger partial charge on any atom is 0.490 e. The summed E-state index contributed by atoms with van der Waals surface area (Å²) in [5.74, 6) is -1.72. The molecule has 158 valence electrons. The van der Waals surface area contributed by atoms with Gasteiger partial charge in [-0.05, 0) is 31.4 Å². The van der Waals surface area contributed by atoms with Gasteiger partial charge in [0.05, 0.1) is 32.1 Å². The van der Waals surface area contributed by atoms with E-state index in [1.165, 1.54) is 6.42 Å². The van der Waals surface area contributed by atoms with Crippen molar-refractivity contribution in [3.63, 3.8) is 0 Å². The van der Waals surface area contributed by atoms with Gasteiger partial charge in [-0.3, -0.25) is 4.90 Å². The standard InChI is InChI=1S/C17H25NO3.C2HF3O2/c1-2-9-19-14-17-7-4-11-21-16(17)6-8-18(13-17)12-15-5-3-10-20-15;3-2(4,5)1(6)7/h2-3,5,10,16H,1,4,6-9,11-14H2;(H,6,7). The Bertz CT molecular complexity index is 620. The van der Waals surface area contributed by atoms with Crippen LogP contribution in [0.3, 0.4) is 0 Å². The molecule has 0 radical (unpaired) electrons. The average molecular weight is 405 g/mol. The number of ether oxygens (including phenoxy) is 2. The lowest BCUT2D eigenvalue weighted by Crippen LogP contribution is -2.56. The zero-order valence-electron chi connectivity index (χ0n) is 15.6. The third kappa shape index (κ3) is 6.35. The maximum atomic E-state index is 10.6. The second-order valence-electron chi connectivity index (χ2n) is 7.01. The number of alkyl halides is 3. The van der Waals surface area contributed by atoms with Crippen molar-refractivity contribution in [2.24, 2.45) is 5.41 Å². The zero-order valence-corrected chi connectivity index (χ0v) is 15.6. The first-order valence-electron chi connectivity index (χ1n) is 9.12. The molecule has 0 amide bonds. The SMILES string of the molecule is C=CCOCC12CCCOC1CCN(Cc1ccco1)C2.O=C(O)C(F)(F)F. The van der Waals surface area contributed by atoms with Gasteiger partial charge in [-0.1, -0.05) is 6.08 Å². The van der Waals surface area contributed by atoms with Crippen LogP contribution < -0.4 is 0 Å². The maximum absolute atomic E-state index is 10.6. The molecule has 28 heavy (non-hydrogen) atoms. The predicted octanol–water partition coefficient (Wildman–Crippen LogP) is 3.49. The van der Waals surface area contributed by atoms with Crippen LogP contribution in [-0.2, 0) is 20.8 Å². The molecule has 1 aromatic heterocycles. The van der Waals surface area contributed by atoms with Crippen LogP contribution in [0.25, 0.3) is 0 Å². The van der Waals surface area contributed by atoms with Crippen LogP contribution in [0.5, 0.6) is 0 Å². The number of hydrogen-bond acceptors (Lipinski definition) is 5. The van der Waals surface area contributed by atoms with Crippen LogP contribution in [0.2, 0.25) is 0 Å². The van der Waals surface area contributed by atoms with Gasteiger partial charge in [0.15, 0.2) is 0 Å². The molecule has 0 spiro atoms. The molecule has 0 aromatic carbocycles. The van der Waals surface area contributed by atoms with E-state index in [1.807, 2.05) is 18.2 Å². The Labute approximate surface area is 161 Å². The molecule has 0 bridgehead atoms. The number of carboxylic acids is 1. The van der Waals surface area contributed by atoms with E-state index in [0.717, 1.165) is 51.4 Å². The minimum atomic E-state index is -5.08. The van der Waals surface area contributed by atoms with Gasteiger partial charge < -0.3 is 19.0 Å². The number of carboxylic acid groups (broad SMARTS) is 1. The molecule has 0 saturated carbocycles. The molecule has 3 rings (SSSR count). The molecular weight excluding hydrogens is 379 g/mol. The van der Waals surface area contributed by atoms with Crippen LogP contribution in [0.15, 0.2) is 35.5 Å². The summed E-state index contributed by atoms with van der Waals surface area (Å²) in [5, 5.41) is 7.12. The molecule has 2 unspecified atom stereocenters. The minimum absolute atomic E-state index is 0.131. The van der Waals surface area contributed by atoms with Crippen molar-refractivity contribution >= 4 is 5.97 Å². The van der Waals surface area contributed by atoms with Crippen molar-refractivity contribution < 1.29 is 37.0 Å². The van der Waals surface area contributed by atoms with Gasteiger partial charge in [-0.2, -0.15) is 13.2 Å². The number of rotatable bonds is 6. The van der Waals surface area contributed by atoms with E-state index >= 15 is 0 Å². The Kier molecular flexibility index (Phi) is 8.09. The molecule has 1 N–H and O–H groups in total. The predicted molar refractivity (Wildman–Crippen MR) is 94.7 cm³/mol. The van der Waals surface area contributed by atoms with Crippen molar-refractivity contribution in [2.45, 2.75) is 38.1 Å². The van der Waals surface area contributed by atoms with E-state index in [2.05, 4.69) is 11.5 Å². The minimum Gasteiger partial charge on any atom is -0.475 e. The molecule has 2 atom stereocenters. The van der Waals surface area contributed by atoms with Gasteiger partial charge in [0.1, 0.15) is 5.76 Å². The van der Waals surface area contributed by atoms with Crippen LogP contribution in [0, 0.1) is 5.41 Å². The second-order valence-corrected chi connectivity index (χ2v) is 7.01. The first-order valence-corrected chi connectivity index (χ1v) is 9.12. The quantitative estimate of drug-likeness (QED) is 0.577. The van der Waals surface area contributed by atoms with Crippen molar-refractivity contribution in [3.8, 4) is 0 Å². The molecule has 2 aliphatic rings. The van der Waals surface area contributed by atoms with Gasteiger partial charge in [0.2, 0.25) is 0 Å². The Morgan fingerprint density at radius 1 is 1.50 bits per heavy atom. The fourth-order valence-corrected chi connectivity index (χ4v) is 3.70. The first-order chi connectivity index (χ1) is 13.3. The summed E-state index contributed by atoms with van der Waals surface area (Å²) in [6.07, 6.45) is 2.21. The normalized spacial score (nSPS) is 25.3. The molecule has 2 fully saturated rings. The molecule has 6 nitrogen and oxygen atoms in total. The molecule has 2 saturated heterocycles. The number of hydrogen-bond donors (Lipinski definition) is 1. The monoisotopic (exact) mass is 405 g/mol. The highest BCUT2D eigenvalue weighted by Crippen LogP contribution is 2.40. The molecular formula is C19H26F3NO5. The van der Waals surface area contributed by atoms with Crippen molar-refractivity contribution in [1.29, 1.82) is 0 Å². The van der Waals surface area contributed by atoms with E-state index in [4.69, 9.17) is 23.8 Å². The number of halogens is 3. The lowest BCUT2D eigenvalue weighted by atomic mass is 9.73. The van der Waals surface area contributed by atoms with Gasteiger partial charge >= 0.3 is 12.1 Å². The number of furan rings is 1. The van der Waals surface area contributed by atoms with Crippen LogP contribution in [-0.4, -0.2) is 61.2 Å². The number of aliphatic carboxylic acids is 1. The summed E-state index contributed by atoms with van der Waals surface area (Å²) >= 11 is 0. The Morgan fingerprint density at radius 3 is 2.86 bits per heavy atom. The Balaban J connectivity index is 0.000000345. The Morgan fingerprint density at radius 2 is 2.25 bits per heavy atom. The van der Waals surface area contributed by atoms with Gasteiger partial charge in [-0.25, -0.2) is 4.79 Å². The van der Waals surface area contributed by atoms with E-state index in [9.17, 15) is 13.2 Å². The lowest BCUT2D eigenvalue weighted by Gasteiger charge is -2.50. The van der Waals surface area contributed by atoms with E-state index in [-0.39, 0.29) is 5.41 Å². The third-order valence-corrected chi connectivity index (χ3v) is 4.89. The summed E-state index contributed by atoms with van der Waals surface area (Å²) in [5.41, 5.74) is 0.131. The summed E-state index contributed by atoms with van der Waals surface area (Å²) in [6.45, 7) is 8.97. The number of carbonyl (C=O) groups is 1. The Hall–Kier alpha value is -1.84. The highest BCUT2D eigenvalue weighted by Gasteiger charge is 2.46. The van der Waals surface area contributed by atoms with Crippen LogP contribution in [0.4, 0.5) is 13.2 Å². The highest BCUT2D eigenvalue weighted by atomic mass is 19.4. The topological polar surface area (TPSA) is 72.1 Å². The summed E-state index contributed by atoms with van der Waals surface area (Å²) < 4.78 is 49.1. The fourth-order valence-electron chi connectivity index (χ4n) is 3.70. The average Bonchev–Trinajstić information content (AvgIpc) is 3.14. The second kappa shape index (κ2) is 10.1. The van der Waals surface area contributed by atoms with E-state index < -0.39 is 12.1 Å². The zero-order chi connectivity index (χ0) is 20.6. The molecule has 9 heteroatoms. The van der Waals surface area contributed by atoms with Crippen molar-refractivity contribution in [3.05, 3.63) is 36.8 Å². The number of nitrogens with zero attached hydrogens (tertiary/aromatic N) is 1. The smallest absolute Gasteiger partial charge is 0.475 e. The third-order valence-electron chi connectivity index (χ3n) is 4.89. The number of fused-ring (bicyclic) bond motifs is 1. The van der Waals surface area contributed by atoms with Crippen molar-refractivity contribution in [2.75, 3.05) is 32.9 Å². The van der Waals surface area contributed by atoms with Gasteiger partial charge in [-0.15, -0.1) is 6.58 Å². The summed E-state index contributed by atoms with van der Waals surface area (Å²) in [6, 6.07) is 4.00. The van der Waals surface area contributed by atoms with E-state index in [1.54, 1.807) is 6.26 Å². The number of piperidine rings is 1. The highest BCUT2D eigenvalue weighted by molar-refractivity contribution is 5.73. The first kappa shape index (κ1) is 22.4. The van der Waals surface area contributed by atoms with E-state index in [0.29, 0.717) is 12.7 Å². The molecule has 3 heterocycles. The fraction of sp³-hybridized carbons (Fsp3) is 0.632. The van der Waals surface area contributed by atoms with Gasteiger partial charge in [0.25, 0.3) is 0 Å². The summed E-state index contributed by atoms with van der Waals surface area (Å²) in [7, 11) is 0. The van der Waals surface area contributed by atoms with Crippen LogP contribution in [0.1, 0.15) is 25.0 Å². The molecule has 2 aliphatic heterocycles.